The number of amides is 1. The van der Waals surface area contributed by atoms with Crippen LogP contribution >= 0.6 is 0 Å². The molecule has 1 saturated heterocycles. The van der Waals surface area contributed by atoms with E-state index in [9.17, 15) is 9.59 Å². The van der Waals surface area contributed by atoms with Crippen LogP contribution < -0.4 is 20.3 Å². The van der Waals surface area contributed by atoms with Crippen LogP contribution in [0.25, 0.3) is 22.4 Å². The van der Waals surface area contributed by atoms with Crippen molar-refractivity contribution in [3.63, 3.8) is 0 Å². The van der Waals surface area contributed by atoms with Crippen molar-refractivity contribution in [2.24, 2.45) is 0 Å². The molecule has 4 rings (SSSR count). The molecule has 0 radical (unpaired) electrons. The van der Waals surface area contributed by atoms with Crippen molar-refractivity contribution in [2.45, 2.75) is 65.0 Å². The molecular formula is C29H39N5O4. The van der Waals surface area contributed by atoms with E-state index < -0.39 is 0 Å². The third-order valence-electron chi connectivity index (χ3n) is 6.70. The molecule has 1 fully saturated rings. The van der Waals surface area contributed by atoms with Crippen molar-refractivity contribution in [1.82, 2.24) is 24.8 Å². The Bertz CT molecular complexity index is 1280. The van der Waals surface area contributed by atoms with Gasteiger partial charge in [-0.2, -0.15) is 0 Å². The number of nitrogens with zero attached hydrogens (tertiary/aromatic N) is 4. The zero-order valence-corrected chi connectivity index (χ0v) is 22.7. The number of carbonyl (C=O) groups is 1. The molecule has 0 atom stereocenters. The molecular weight excluding hydrogens is 482 g/mol. The summed E-state index contributed by atoms with van der Waals surface area (Å²) in [5.74, 6) is 1.24. The second-order valence-electron chi connectivity index (χ2n) is 10.1. The highest BCUT2D eigenvalue weighted by Gasteiger charge is 2.18. The molecule has 9 heteroatoms. The Balaban J connectivity index is 1.56. The maximum atomic E-state index is 13.7. The van der Waals surface area contributed by atoms with Crippen LogP contribution in [-0.2, 0) is 11.3 Å². The smallest absolute Gasteiger partial charge is 0.263 e. The Morgan fingerprint density at radius 3 is 2.58 bits per heavy atom. The first-order valence-electron chi connectivity index (χ1n) is 13.6. The summed E-state index contributed by atoms with van der Waals surface area (Å²) in [6, 6.07) is 8.88. The quantitative estimate of drug-likeness (QED) is 0.402. The number of nitrogens with one attached hydrogen (secondary N) is 1. The van der Waals surface area contributed by atoms with E-state index in [4.69, 9.17) is 9.47 Å². The van der Waals surface area contributed by atoms with Gasteiger partial charge < -0.3 is 19.7 Å². The first-order chi connectivity index (χ1) is 18.4. The van der Waals surface area contributed by atoms with E-state index in [1.807, 2.05) is 32.0 Å². The number of ether oxygens (including phenoxy) is 2. The maximum Gasteiger partial charge on any atom is 0.263 e. The van der Waals surface area contributed by atoms with E-state index >= 15 is 0 Å². The number of carbonyl (C=O) groups excluding carboxylic acids is 1. The number of hydrogen-bond donors (Lipinski definition) is 1. The molecule has 0 unspecified atom stereocenters. The number of methoxy groups -OCH3 is 1. The standard InChI is InChI=1S/C29H39N5O4/c1-21(2)31-26(35)20-34-28(22-11-9-12-23(17-22)37-3)32-27-25(29(34)36)18-24(19-30-27)38-16-10-15-33-13-7-5-4-6-8-14-33/h9,11-12,17-19,21H,4-8,10,13-16,20H2,1-3H3,(H,31,35). The van der Waals surface area contributed by atoms with Crippen molar-refractivity contribution >= 4 is 16.9 Å². The Hall–Kier alpha value is -3.46. The molecule has 204 valence electrons. The van der Waals surface area contributed by atoms with Gasteiger partial charge >= 0.3 is 0 Å². The average Bonchev–Trinajstić information content (AvgIpc) is 2.88. The lowest BCUT2D eigenvalue weighted by Gasteiger charge is -2.24. The molecule has 3 heterocycles. The molecule has 38 heavy (non-hydrogen) atoms. The normalized spacial score (nSPS) is 14.7. The summed E-state index contributed by atoms with van der Waals surface area (Å²) in [4.78, 5) is 38.0. The van der Waals surface area contributed by atoms with Gasteiger partial charge in [-0.15, -0.1) is 0 Å². The minimum absolute atomic E-state index is 0.0488. The zero-order chi connectivity index (χ0) is 26.9. The summed E-state index contributed by atoms with van der Waals surface area (Å²) in [7, 11) is 1.58. The number of hydrogen-bond acceptors (Lipinski definition) is 7. The fraction of sp³-hybridized carbons (Fsp3) is 0.517. The van der Waals surface area contributed by atoms with Gasteiger partial charge in [0.25, 0.3) is 5.56 Å². The Kier molecular flexibility index (Phi) is 9.70. The fourth-order valence-corrected chi connectivity index (χ4v) is 4.82. The Morgan fingerprint density at radius 2 is 1.84 bits per heavy atom. The molecule has 2 aromatic heterocycles. The van der Waals surface area contributed by atoms with Gasteiger partial charge in [-0.3, -0.25) is 14.2 Å². The second-order valence-corrected chi connectivity index (χ2v) is 10.1. The summed E-state index contributed by atoms with van der Waals surface area (Å²) in [5.41, 5.74) is 0.624. The molecule has 1 aromatic carbocycles. The summed E-state index contributed by atoms with van der Waals surface area (Å²) in [6.07, 6.45) is 9.04. The maximum absolute atomic E-state index is 13.7. The van der Waals surface area contributed by atoms with Crippen LogP contribution in [-0.4, -0.2) is 64.7 Å². The van der Waals surface area contributed by atoms with Crippen LogP contribution in [0.3, 0.4) is 0 Å². The van der Waals surface area contributed by atoms with E-state index in [0.717, 1.165) is 26.1 Å². The number of pyridine rings is 1. The summed E-state index contributed by atoms with van der Waals surface area (Å²) in [6.45, 7) is 7.46. The lowest BCUT2D eigenvalue weighted by molar-refractivity contribution is -0.122. The monoisotopic (exact) mass is 521 g/mol. The number of likely N-dealkylation sites (tertiary alicyclic amines) is 1. The Morgan fingerprint density at radius 1 is 1.08 bits per heavy atom. The van der Waals surface area contributed by atoms with Gasteiger partial charge in [0.1, 0.15) is 23.9 Å². The molecule has 0 bridgehead atoms. The molecule has 0 spiro atoms. The Labute approximate surface area is 224 Å². The summed E-state index contributed by atoms with van der Waals surface area (Å²) in [5, 5.41) is 3.17. The topological polar surface area (TPSA) is 98.6 Å². The summed E-state index contributed by atoms with van der Waals surface area (Å²) >= 11 is 0. The lowest BCUT2D eigenvalue weighted by Crippen LogP contribution is -2.37. The predicted molar refractivity (Wildman–Crippen MR) is 149 cm³/mol. The van der Waals surface area contributed by atoms with Gasteiger partial charge in [0.15, 0.2) is 5.65 Å². The van der Waals surface area contributed by atoms with Crippen molar-refractivity contribution < 1.29 is 14.3 Å². The van der Waals surface area contributed by atoms with Crippen molar-refractivity contribution in [2.75, 3.05) is 33.4 Å². The number of benzene rings is 1. The highest BCUT2D eigenvalue weighted by molar-refractivity contribution is 5.80. The average molecular weight is 522 g/mol. The molecule has 0 saturated carbocycles. The van der Waals surface area contributed by atoms with Gasteiger partial charge in [-0.05, 0) is 64.4 Å². The zero-order valence-electron chi connectivity index (χ0n) is 22.7. The lowest BCUT2D eigenvalue weighted by atomic mass is 10.1. The third-order valence-corrected chi connectivity index (χ3v) is 6.70. The van der Waals surface area contributed by atoms with Crippen LogP contribution in [0.1, 0.15) is 52.4 Å². The first-order valence-corrected chi connectivity index (χ1v) is 13.6. The van der Waals surface area contributed by atoms with E-state index in [2.05, 4.69) is 20.2 Å². The minimum atomic E-state index is -0.342. The van der Waals surface area contributed by atoms with E-state index in [1.54, 1.807) is 25.4 Å². The number of rotatable bonds is 10. The van der Waals surface area contributed by atoms with Crippen molar-refractivity contribution in [1.29, 1.82) is 0 Å². The highest BCUT2D eigenvalue weighted by Crippen LogP contribution is 2.24. The minimum Gasteiger partial charge on any atom is -0.497 e. The summed E-state index contributed by atoms with van der Waals surface area (Å²) < 4.78 is 12.7. The van der Waals surface area contributed by atoms with E-state index in [1.165, 1.54) is 36.7 Å². The van der Waals surface area contributed by atoms with E-state index in [0.29, 0.717) is 40.5 Å². The molecule has 1 N–H and O–H groups in total. The van der Waals surface area contributed by atoms with Gasteiger partial charge in [0, 0.05) is 18.2 Å². The third kappa shape index (κ3) is 7.31. The van der Waals surface area contributed by atoms with Crippen LogP contribution in [0.2, 0.25) is 0 Å². The van der Waals surface area contributed by atoms with Crippen LogP contribution in [0.5, 0.6) is 11.5 Å². The number of aromatic nitrogens is 3. The van der Waals surface area contributed by atoms with Gasteiger partial charge in [-0.25, -0.2) is 9.97 Å². The van der Waals surface area contributed by atoms with Crippen LogP contribution in [0.15, 0.2) is 41.3 Å². The highest BCUT2D eigenvalue weighted by atomic mass is 16.5. The van der Waals surface area contributed by atoms with Crippen molar-refractivity contribution in [3.8, 4) is 22.9 Å². The molecule has 1 aliphatic heterocycles. The van der Waals surface area contributed by atoms with Gasteiger partial charge in [-0.1, -0.05) is 31.4 Å². The molecule has 1 amide bonds. The molecule has 3 aromatic rings. The first kappa shape index (κ1) is 27.6. The van der Waals surface area contributed by atoms with Crippen LogP contribution in [0.4, 0.5) is 0 Å². The molecule has 0 aliphatic carbocycles. The van der Waals surface area contributed by atoms with Crippen LogP contribution in [0, 0.1) is 0 Å². The molecule has 1 aliphatic rings. The van der Waals surface area contributed by atoms with Gasteiger partial charge in [0.05, 0.1) is 25.3 Å². The van der Waals surface area contributed by atoms with Gasteiger partial charge in [0.2, 0.25) is 5.91 Å². The van der Waals surface area contributed by atoms with Crippen molar-refractivity contribution in [3.05, 3.63) is 46.9 Å². The molecule has 9 nitrogen and oxygen atoms in total. The second kappa shape index (κ2) is 13.4. The number of fused-ring (bicyclic) bond motifs is 1. The largest absolute Gasteiger partial charge is 0.497 e. The van der Waals surface area contributed by atoms with E-state index in [-0.39, 0.29) is 24.1 Å². The fourth-order valence-electron chi connectivity index (χ4n) is 4.82. The predicted octanol–water partition coefficient (Wildman–Crippen LogP) is 4.03. The SMILES string of the molecule is COc1cccc(-c2nc3ncc(OCCCN4CCCCCCC4)cc3c(=O)n2CC(=O)NC(C)C)c1.